The van der Waals surface area contributed by atoms with Gasteiger partial charge in [0.25, 0.3) is 0 Å². The highest BCUT2D eigenvalue weighted by Crippen LogP contribution is 2.37. The van der Waals surface area contributed by atoms with Crippen LogP contribution in [0.3, 0.4) is 0 Å². The van der Waals surface area contributed by atoms with Crippen LogP contribution in [0.1, 0.15) is 39.5 Å². The number of benzene rings is 1. The molecule has 2 heterocycles. The molecule has 6 heteroatoms. The first-order chi connectivity index (χ1) is 12.5. The van der Waals surface area contributed by atoms with Gasteiger partial charge in [0.05, 0.1) is 5.92 Å². The predicted molar refractivity (Wildman–Crippen MR) is 97.0 cm³/mol. The molecular formula is C20H26N2O4. The summed E-state index contributed by atoms with van der Waals surface area (Å²) in [6.45, 7) is 5.23. The Morgan fingerprint density at radius 3 is 2.85 bits per heavy atom. The number of hydrogen-bond donors (Lipinski definition) is 1. The Balaban J connectivity index is 1.41. The number of amides is 2. The van der Waals surface area contributed by atoms with Gasteiger partial charge in [-0.15, -0.1) is 0 Å². The van der Waals surface area contributed by atoms with Crippen molar-refractivity contribution in [3.05, 3.63) is 18.2 Å². The minimum atomic E-state index is -0.294. The number of carbonyl (C=O) groups is 2. The molecule has 4 rings (SSSR count). The molecule has 1 aromatic rings. The van der Waals surface area contributed by atoms with Crippen molar-refractivity contribution in [2.24, 2.45) is 17.8 Å². The van der Waals surface area contributed by atoms with Crippen molar-refractivity contribution in [3.8, 4) is 11.5 Å². The van der Waals surface area contributed by atoms with E-state index in [9.17, 15) is 9.59 Å². The summed E-state index contributed by atoms with van der Waals surface area (Å²) < 4.78 is 10.6. The van der Waals surface area contributed by atoms with Crippen LogP contribution in [0.5, 0.6) is 11.5 Å². The maximum absolute atomic E-state index is 12.7. The Labute approximate surface area is 153 Å². The van der Waals surface area contributed by atoms with Gasteiger partial charge in [0.1, 0.15) is 0 Å². The van der Waals surface area contributed by atoms with E-state index in [4.69, 9.17) is 9.47 Å². The molecule has 1 saturated heterocycles. The molecule has 1 aromatic carbocycles. The fourth-order valence-electron chi connectivity index (χ4n) is 4.44. The first-order valence-corrected chi connectivity index (χ1v) is 9.53. The lowest BCUT2D eigenvalue weighted by Crippen LogP contribution is -2.45. The van der Waals surface area contributed by atoms with Gasteiger partial charge in [-0.05, 0) is 30.4 Å². The lowest BCUT2D eigenvalue weighted by molar-refractivity contribution is -0.131. The number of nitrogens with one attached hydrogen (secondary N) is 1. The van der Waals surface area contributed by atoms with E-state index in [-0.39, 0.29) is 30.6 Å². The van der Waals surface area contributed by atoms with Crippen LogP contribution in [0.25, 0.3) is 0 Å². The molecule has 2 aliphatic heterocycles. The summed E-state index contributed by atoms with van der Waals surface area (Å²) in [5.74, 6) is 2.16. The van der Waals surface area contributed by atoms with Gasteiger partial charge in [0.2, 0.25) is 18.6 Å². The summed E-state index contributed by atoms with van der Waals surface area (Å²) in [4.78, 5) is 27.2. The third kappa shape index (κ3) is 3.13. The van der Waals surface area contributed by atoms with Crippen LogP contribution in [0.2, 0.25) is 0 Å². The summed E-state index contributed by atoms with van der Waals surface area (Å²) in [6, 6.07) is 5.62. The molecular weight excluding hydrogens is 332 g/mol. The Morgan fingerprint density at radius 1 is 1.19 bits per heavy atom. The standard InChI is InChI=1S/C20H26N2O4/c1-12-4-3-5-16(13(12)2)22-10-14(8-19(22)23)20(24)21-15-6-7-17-18(9-15)26-11-25-17/h6-7,9,12-14,16H,3-5,8,10-11H2,1-2H3,(H,21,24)/t12-,13-,14-,16-/m1/s1. The summed E-state index contributed by atoms with van der Waals surface area (Å²) in [5.41, 5.74) is 0.671. The number of nitrogens with zero attached hydrogens (tertiary/aromatic N) is 1. The highest BCUT2D eigenvalue weighted by atomic mass is 16.7. The predicted octanol–water partition coefficient (Wildman–Crippen LogP) is 3.03. The zero-order valence-electron chi connectivity index (χ0n) is 15.4. The minimum absolute atomic E-state index is 0.101. The fourth-order valence-corrected chi connectivity index (χ4v) is 4.44. The largest absolute Gasteiger partial charge is 0.454 e. The Morgan fingerprint density at radius 2 is 2.00 bits per heavy atom. The molecule has 26 heavy (non-hydrogen) atoms. The van der Waals surface area contributed by atoms with E-state index in [1.807, 2.05) is 4.90 Å². The molecule has 1 saturated carbocycles. The van der Waals surface area contributed by atoms with Gasteiger partial charge in [-0.1, -0.05) is 26.7 Å². The smallest absolute Gasteiger partial charge is 0.231 e. The summed E-state index contributed by atoms with van der Waals surface area (Å²) in [5, 5.41) is 2.92. The molecule has 0 spiro atoms. The second kappa shape index (κ2) is 6.82. The highest BCUT2D eigenvalue weighted by Gasteiger charge is 2.41. The second-order valence-electron chi connectivity index (χ2n) is 7.84. The van der Waals surface area contributed by atoms with Crippen LogP contribution in [0, 0.1) is 17.8 Å². The molecule has 2 amide bonds. The molecule has 0 aromatic heterocycles. The number of likely N-dealkylation sites (tertiary alicyclic amines) is 1. The number of hydrogen-bond acceptors (Lipinski definition) is 4. The average Bonchev–Trinajstić information content (AvgIpc) is 3.23. The fraction of sp³-hybridized carbons (Fsp3) is 0.600. The van der Waals surface area contributed by atoms with Gasteiger partial charge in [0.15, 0.2) is 11.5 Å². The molecule has 4 atom stereocenters. The van der Waals surface area contributed by atoms with E-state index < -0.39 is 0 Å². The normalized spacial score (nSPS) is 30.5. The quantitative estimate of drug-likeness (QED) is 0.902. The van der Waals surface area contributed by atoms with Crippen LogP contribution in [0.15, 0.2) is 18.2 Å². The lowest BCUT2D eigenvalue weighted by atomic mass is 9.77. The van der Waals surface area contributed by atoms with Crippen molar-refractivity contribution in [2.45, 2.75) is 45.6 Å². The van der Waals surface area contributed by atoms with Crippen molar-refractivity contribution in [3.63, 3.8) is 0 Å². The van der Waals surface area contributed by atoms with E-state index in [0.717, 1.165) is 12.8 Å². The van der Waals surface area contributed by atoms with Crippen LogP contribution in [-0.2, 0) is 9.59 Å². The van der Waals surface area contributed by atoms with Crippen LogP contribution >= 0.6 is 0 Å². The monoisotopic (exact) mass is 358 g/mol. The number of ether oxygens (including phenoxy) is 2. The molecule has 0 radical (unpaired) electrons. The summed E-state index contributed by atoms with van der Waals surface area (Å²) in [7, 11) is 0. The SMILES string of the molecule is C[C@@H]1[C@H](C)CCC[C@H]1N1C[C@H](C(=O)Nc2ccc3c(c2)OCO3)CC1=O. The van der Waals surface area contributed by atoms with Crippen LogP contribution < -0.4 is 14.8 Å². The highest BCUT2D eigenvalue weighted by molar-refractivity contribution is 5.97. The topological polar surface area (TPSA) is 67.9 Å². The molecule has 6 nitrogen and oxygen atoms in total. The van der Waals surface area contributed by atoms with E-state index in [2.05, 4.69) is 19.2 Å². The zero-order chi connectivity index (χ0) is 18.3. The van der Waals surface area contributed by atoms with Gasteiger partial charge in [0, 0.05) is 30.8 Å². The third-order valence-electron chi connectivity index (χ3n) is 6.23. The van der Waals surface area contributed by atoms with Gasteiger partial charge in [-0.3, -0.25) is 9.59 Å². The number of carbonyl (C=O) groups excluding carboxylic acids is 2. The summed E-state index contributed by atoms with van der Waals surface area (Å²) >= 11 is 0. The maximum atomic E-state index is 12.7. The van der Waals surface area contributed by atoms with E-state index >= 15 is 0 Å². The Hall–Kier alpha value is -2.24. The van der Waals surface area contributed by atoms with E-state index in [0.29, 0.717) is 42.0 Å². The molecule has 1 N–H and O–H groups in total. The van der Waals surface area contributed by atoms with E-state index in [1.54, 1.807) is 18.2 Å². The van der Waals surface area contributed by atoms with Crippen molar-refractivity contribution in [1.82, 2.24) is 4.90 Å². The van der Waals surface area contributed by atoms with Gasteiger partial charge >= 0.3 is 0 Å². The first-order valence-electron chi connectivity index (χ1n) is 9.53. The molecule has 0 bridgehead atoms. The molecule has 3 aliphatic rings. The first kappa shape index (κ1) is 17.2. The Kier molecular flexibility index (Phi) is 4.51. The maximum Gasteiger partial charge on any atom is 0.231 e. The van der Waals surface area contributed by atoms with Crippen LogP contribution in [-0.4, -0.2) is 36.1 Å². The molecule has 0 unspecified atom stereocenters. The lowest BCUT2D eigenvalue weighted by Gasteiger charge is -2.40. The van der Waals surface area contributed by atoms with Gasteiger partial charge in [-0.2, -0.15) is 0 Å². The number of rotatable bonds is 3. The number of anilines is 1. The summed E-state index contributed by atoms with van der Waals surface area (Å²) in [6.07, 6.45) is 3.74. The van der Waals surface area contributed by atoms with E-state index in [1.165, 1.54) is 6.42 Å². The van der Waals surface area contributed by atoms with Crippen molar-refractivity contribution < 1.29 is 19.1 Å². The third-order valence-corrected chi connectivity index (χ3v) is 6.23. The Bertz CT molecular complexity index is 720. The van der Waals surface area contributed by atoms with Crippen molar-refractivity contribution in [2.75, 3.05) is 18.7 Å². The molecule has 2 fully saturated rings. The zero-order valence-corrected chi connectivity index (χ0v) is 15.4. The average molecular weight is 358 g/mol. The van der Waals surface area contributed by atoms with Gasteiger partial charge < -0.3 is 19.7 Å². The molecule has 140 valence electrons. The van der Waals surface area contributed by atoms with Crippen molar-refractivity contribution in [1.29, 1.82) is 0 Å². The second-order valence-corrected chi connectivity index (χ2v) is 7.84. The minimum Gasteiger partial charge on any atom is -0.454 e. The van der Waals surface area contributed by atoms with Gasteiger partial charge in [-0.25, -0.2) is 0 Å². The molecule has 1 aliphatic carbocycles. The van der Waals surface area contributed by atoms with Crippen LogP contribution in [0.4, 0.5) is 5.69 Å². The number of fused-ring (bicyclic) bond motifs is 1. The van der Waals surface area contributed by atoms with Crippen molar-refractivity contribution >= 4 is 17.5 Å².